The first-order valence-corrected chi connectivity index (χ1v) is 7.51. The molecule has 2 heteroatoms. The van der Waals surface area contributed by atoms with Gasteiger partial charge >= 0.3 is 0 Å². The molecule has 2 nitrogen and oxygen atoms in total. The Morgan fingerprint density at radius 3 is 2.60 bits per heavy atom. The average molecular weight is 266 g/mol. The second-order valence-electron chi connectivity index (χ2n) is 5.37. The molecule has 1 heterocycles. The van der Waals surface area contributed by atoms with Crippen LogP contribution < -0.4 is 10.2 Å². The van der Waals surface area contributed by atoms with Gasteiger partial charge in [0, 0.05) is 36.9 Å². The Balaban J connectivity index is 1.81. The van der Waals surface area contributed by atoms with Gasteiger partial charge in [0.2, 0.25) is 0 Å². The van der Waals surface area contributed by atoms with E-state index in [1.807, 2.05) is 0 Å². The Labute approximate surface area is 121 Å². The third-order valence-electron chi connectivity index (χ3n) is 4.15. The molecule has 2 aromatic rings. The first-order chi connectivity index (χ1) is 9.88. The Morgan fingerprint density at radius 2 is 1.80 bits per heavy atom. The summed E-state index contributed by atoms with van der Waals surface area (Å²) in [7, 11) is 0. The van der Waals surface area contributed by atoms with Gasteiger partial charge in [0.15, 0.2) is 0 Å². The molecule has 1 aliphatic heterocycles. The monoisotopic (exact) mass is 266 g/mol. The highest BCUT2D eigenvalue weighted by Crippen LogP contribution is 2.32. The topological polar surface area (TPSA) is 15.3 Å². The maximum absolute atomic E-state index is 3.51. The van der Waals surface area contributed by atoms with Gasteiger partial charge in [-0.25, -0.2) is 0 Å². The van der Waals surface area contributed by atoms with Gasteiger partial charge in [-0.15, -0.1) is 0 Å². The minimum absolute atomic E-state index is 0.618. The van der Waals surface area contributed by atoms with Crippen molar-refractivity contribution in [2.75, 3.05) is 29.9 Å². The number of anilines is 2. The summed E-state index contributed by atoms with van der Waals surface area (Å²) < 4.78 is 0. The lowest BCUT2D eigenvalue weighted by atomic mass is 9.90. The third-order valence-corrected chi connectivity index (χ3v) is 4.15. The fourth-order valence-electron chi connectivity index (χ4n) is 3.06. The molecule has 1 N–H and O–H groups in total. The van der Waals surface area contributed by atoms with Crippen molar-refractivity contribution in [1.82, 2.24) is 0 Å². The van der Waals surface area contributed by atoms with Gasteiger partial charge in [-0.05, 0) is 37.1 Å². The van der Waals surface area contributed by atoms with E-state index in [9.17, 15) is 0 Å². The van der Waals surface area contributed by atoms with Gasteiger partial charge in [0.05, 0.1) is 0 Å². The Morgan fingerprint density at radius 1 is 1.05 bits per heavy atom. The number of benzene rings is 2. The Hall–Kier alpha value is -1.96. The van der Waals surface area contributed by atoms with Crippen molar-refractivity contribution in [1.29, 1.82) is 0 Å². The van der Waals surface area contributed by atoms with Crippen LogP contribution in [0.1, 0.15) is 24.8 Å². The first kappa shape index (κ1) is 13.0. The van der Waals surface area contributed by atoms with Crippen LogP contribution in [0.4, 0.5) is 11.4 Å². The van der Waals surface area contributed by atoms with Crippen LogP contribution in [0.5, 0.6) is 0 Å². The number of para-hydroxylation sites is 2. The van der Waals surface area contributed by atoms with Crippen molar-refractivity contribution in [3.63, 3.8) is 0 Å². The number of fused-ring (bicyclic) bond motifs is 1. The molecular weight excluding hydrogens is 244 g/mol. The Bertz CT molecular complexity index is 550. The van der Waals surface area contributed by atoms with Crippen molar-refractivity contribution in [2.45, 2.75) is 19.3 Å². The molecule has 0 aliphatic carbocycles. The third kappa shape index (κ3) is 2.64. The van der Waals surface area contributed by atoms with E-state index < -0.39 is 0 Å². The van der Waals surface area contributed by atoms with Gasteiger partial charge < -0.3 is 10.2 Å². The van der Waals surface area contributed by atoms with Gasteiger partial charge in [0.25, 0.3) is 0 Å². The first-order valence-electron chi connectivity index (χ1n) is 7.51. The van der Waals surface area contributed by atoms with E-state index in [4.69, 9.17) is 0 Å². The molecule has 0 bridgehead atoms. The van der Waals surface area contributed by atoms with Crippen molar-refractivity contribution >= 4 is 11.4 Å². The van der Waals surface area contributed by atoms with Crippen molar-refractivity contribution in [3.8, 4) is 0 Å². The van der Waals surface area contributed by atoms with Crippen molar-refractivity contribution in [2.24, 2.45) is 0 Å². The second kappa shape index (κ2) is 6.00. The standard InChI is InChI=1S/C18H22N2/c1-2-20(16-8-4-3-5-9-16)14-15-12-13-19-18-11-7-6-10-17(15)18/h3-11,15,19H,2,12-14H2,1H3. The SMILES string of the molecule is CCN(CC1CCNc2ccccc21)c1ccccc1. The minimum Gasteiger partial charge on any atom is -0.385 e. The number of rotatable bonds is 4. The lowest BCUT2D eigenvalue weighted by molar-refractivity contribution is 0.605. The molecule has 0 spiro atoms. The predicted molar refractivity (Wildman–Crippen MR) is 86.6 cm³/mol. The summed E-state index contributed by atoms with van der Waals surface area (Å²) in [6, 6.07) is 19.5. The summed E-state index contributed by atoms with van der Waals surface area (Å²) in [5, 5.41) is 3.51. The molecule has 0 amide bonds. The molecule has 1 aliphatic rings. The van der Waals surface area contributed by atoms with E-state index >= 15 is 0 Å². The molecule has 0 saturated carbocycles. The van der Waals surface area contributed by atoms with Gasteiger partial charge in [-0.3, -0.25) is 0 Å². The number of hydrogen-bond donors (Lipinski definition) is 1. The number of nitrogens with one attached hydrogen (secondary N) is 1. The fourth-order valence-corrected chi connectivity index (χ4v) is 3.06. The maximum atomic E-state index is 3.51. The summed E-state index contributed by atoms with van der Waals surface area (Å²) in [5.41, 5.74) is 4.10. The molecule has 3 rings (SSSR count). The van der Waals surface area contributed by atoms with E-state index in [2.05, 4.69) is 71.7 Å². The van der Waals surface area contributed by atoms with E-state index in [1.54, 1.807) is 0 Å². The zero-order valence-electron chi connectivity index (χ0n) is 12.0. The molecule has 2 aromatic carbocycles. The van der Waals surface area contributed by atoms with E-state index in [1.165, 1.54) is 23.4 Å². The molecule has 0 aromatic heterocycles. The van der Waals surface area contributed by atoms with Gasteiger partial charge in [-0.1, -0.05) is 36.4 Å². The maximum Gasteiger partial charge on any atom is 0.0376 e. The normalized spacial score (nSPS) is 17.1. The van der Waals surface area contributed by atoms with Crippen LogP contribution in [-0.2, 0) is 0 Å². The van der Waals surface area contributed by atoms with Gasteiger partial charge in [0.1, 0.15) is 0 Å². The largest absolute Gasteiger partial charge is 0.385 e. The van der Waals surface area contributed by atoms with Crippen LogP contribution >= 0.6 is 0 Å². The summed E-state index contributed by atoms with van der Waals surface area (Å²) >= 11 is 0. The lowest BCUT2D eigenvalue weighted by Crippen LogP contribution is -2.31. The predicted octanol–water partition coefficient (Wildman–Crippen LogP) is 4.11. The second-order valence-corrected chi connectivity index (χ2v) is 5.37. The molecular formula is C18H22N2. The van der Waals surface area contributed by atoms with E-state index in [-0.39, 0.29) is 0 Å². The molecule has 104 valence electrons. The highest BCUT2D eigenvalue weighted by atomic mass is 15.1. The quantitative estimate of drug-likeness (QED) is 0.895. The van der Waals surface area contributed by atoms with Crippen LogP contribution in [-0.4, -0.2) is 19.6 Å². The van der Waals surface area contributed by atoms with E-state index in [0.717, 1.165) is 19.6 Å². The average Bonchev–Trinajstić information content (AvgIpc) is 2.53. The summed E-state index contributed by atoms with van der Waals surface area (Å²) in [6.07, 6.45) is 1.21. The molecule has 0 radical (unpaired) electrons. The van der Waals surface area contributed by atoms with Crippen LogP contribution in [0.25, 0.3) is 0 Å². The molecule has 0 saturated heterocycles. The molecule has 20 heavy (non-hydrogen) atoms. The zero-order valence-corrected chi connectivity index (χ0v) is 12.0. The summed E-state index contributed by atoms with van der Waals surface area (Å²) in [6.45, 7) is 5.46. The van der Waals surface area contributed by atoms with Crippen LogP contribution in [0.3, 0.4) is 0 Å². The van der Waals surface area contributed by atoms with Crippen LogP contribution in [0, 0.1) is 0 Å². The molecule has 0 fully saturated rings. The van der Waals surface area contributed by atoms with Gasteiger partial charge in [-0.2, -0.15) is 0 Å². The van der Waals surface area contributed by atoms with E-state index in [0.29, 0.717) is 5.92 Å². The molecule has 1 unspecified atom stereocenters. The number of hydrogen-bond acceptors (Lipinski definition) is 2. The summed E-state index contributed by atoms with van der Waals surface area (Å²) in [5.74, 6) is 0.618. The van der Waals surface area contributed by atoms with Crippen LogP contribution in [0.15, 0.2) is 54.6 Å². The molecule has 1 atom stereocenters. The Kier molecular flexibility index (Phi) is 3.91. The highest BCUT2D eigenvalue weighted by molar-refractivity contribution is 5.56. The smallest absolute Gasteiger partial charge is 0.0376 e. The van der Waals surface area contributed by atoms with Crippen molar-refractivity contribution in [3.05, 3.63) is 60.2 Å². The summed E-state index contributed by atoms with van der Waals surface area (Å²) in [4.78, 5) is 2.48. The lowest BCUT2D eigenvalue weighted by Gasteiger charge is -2.32. The number of nitrogens with zero attached hydrogens (tertiary/aromatic N) is 1. The van der Waals surface area contributed by atoms with Crippen LogP contribution in [0.2, 0.25) is 0 Å². The minimum atomic E-state index is 0.618. The number of likely N-dealkylation sites (N-methyl/N-ethyl adjacent to an activating group) is 1. The zero-order chi connectivity index (χ0) is 13.8. The fraction of sp³-hybridized carbons (Fsp3) is 0.333. The van der Waals surface area contributed by atoms with Crippen molar-refractivity contribution < 1.29 is 0 Å². The highest BCUT2D eigenvalue weighted by Gasteiger charge is 2.21.